The van der Waals surface area contributed by atoms with E-state index in [0.717, 1.165) is 47.6 Å². The van der Waals surface area contributed by atoms with Crippen molar-refractivity contribution in [2.24, 2.45) is 11.8 Å². The van der Waals surface area contributed by atoms with Crippen LogP contribution in [-0.2, 0) is 11.2 Å². The second-order valence-corrected chi connectivity index (χ2v) is 10.0. The van der Waals surface area contributed by atoms with Crippen LogP contribution < -0.4 is 0 Å². The number of carbonyl (C=O) groups excluding carboxylic acids is 1. The Morgan fingerprint density at radius 3 is 2.34 bits per heavy atom. The Hall–Kier alpha value is -2.69. The van der Waals surface area contributed by atoms with Crippen LogP contribution >= 0.6 is 0 Å². The fourth-order valence-electron chi connectivity index (χ4n) is 5.37. The van der Waals surface area contributed by atoms with Crippen molar-refractivity contribution in [1.29, 1.82) is 0 Å². The number of hydrogen-bond donors (Lipinski definition) is 0. The van der Waals surface area contributed by atoms with E-state index in [1.807, 2.05) is 4.68 Å². The lowest BCUT2D eigenvalue weighted by Gasteiger charge is -2.35. The number of piperidine rings is 1. The molecule has 5 nitrogen and oxygen atoms in total. The Morgan fingerprint density at radius 2 is 1.69 bits per heavy atom. The van der Waals surface area contributed by atoms with E-state index in [4.69, 9.17) is 10.1 Å². The highest BCUT2D eigenvalue weighted by atomic mass is 16.2. The summed E-state index contributed by atoms with van der Waals surface area (Å²) in [6.07, 6.45) is 2.48. The summed E-state index contributed by atoms with van der Waals surface area (Å²) in [6, 6.07) is 6.41. The maximum Gasteiger partial charge on any atom is 0.222 e. The molecule has 1 aliphatic heterocycles. The third-order valence-corrected chi connectivity index (χ3v) is 7.12. The van der Waals surface area contributed by atoms with Gasteiger partial charge in [0.2, 0.25) is 5.91 Å². The summed E-state index contributed by atoms with van der Waals surface area (Å²) in [4.78, 5) is 20.0. The number of benzene rings is 1. The number of carbonyl (C=O) groups is 1. The van der Waals surface area contributed by atoms with Gasteiger partial charge in [-0.1, -0.05) is 19.9 Å². The summed E-state index contributed by atoms with van der Waals surface area (Å²) >= 11 is 0. The smallest absolute Gasteiger partial charge is 0.222 e. The second-order valence-electron chi connectivity index (χ2n) is 10.0. The molecule has 5 heteroatoms. The Bertz CT molecular complexity index is 1170. The van der Waals surface area contributed by atoms with E-state index in [2.05, 4.69) is 71.6 Å². The molecule has 3 aromatic rings. The van der Waals surface area contributed by atoms with Crippen molar-refractivity contribution in [1.82, 2.24) is 19.7 Å². The van der Waals surface area contributed by atoms with Crippen LogP contribution in [0.25, 0.3) is 16.7 Å². The average Bonchev–Trinajstić information content (AvgIpc) is 3.05. The predicted octanol–water partition coefficient (Wildman–Crippen LogP) is 5.40. The zero-order chi connectivity index (χ0) is 23.2. The van der Waals surface area contributed by atoms with Crippen LogP contribution in [0.3, 0.4) is 0 Å². The van der Waals surface area contributed by atoms with Gasteiger partial charge in [-0.2, -0.15) is 5.10 Å². The van der Waals surface area contributed by atoms with Crippen molar-refractivity contribution in [2.45, 2.75) is 67.7 Å². The molecule has 1 aliphatic rings. The number of aryl methyl sites for hydroxylation is 5. The van der Waals surface area contributed by atoms with Crippen LogP contribution in [0.15, 0.2) is 18.2 Å². The van der Waals surface area contributed by atoms with Crippen LogP contribution in [0.4, 0.5) is 0 Å². The highest BCUT2D eigenvalue weighted by molar-refractivity contribution is 5.85. The lowest BCUT2D eigenvalue weighted by Crippen LogP contribution is -2.42. The zero-order valence-electron chi connectivity index (χ0n) is 20.6. The Morgan fingerprint density at radius 1 is 1.00 bits per heavy atom. The summed E-state index contributed by atoms with van der Waals surface area (Å²) in [6.45, 7) is 16.8. The highest BCUT2D eigenvalue weighted by Gasteiger charge is 2.26. The SMILES string of the molecule is Cc1ccc(-n2nc(C)c3c(C)c(CCC(=O)N4C[C@H](C)C[C@H](C)C4)c(C)nc32)cc1C. The van der Waals surface area contributed by atoms with Crippen molar-refractivity contribution in [3.63, 3.8) is 0 Å². The molecule has 1 fully saturated rings. The summed E-state index contributed by atoms with van der Waals surface area (Å²) in [5.41, 5.74) is 8.81. The molecule has 4 rings (SSSR count). The van der Waals surface area contributed by atoms with Crippen LogP contribution in [0.1, 0.15) is 60.3 Å². The van der Waals surface area contributed by atoms with Gasteiger partial charge in [0.15, 0.2) is 5.65 Å². The normalized spacial score (nSPS) is 19.0. The van der Waals surface area contributed by atoms with E-state index in [-0.39, 0.29) is 5.91 Å². The van der Waals surface area contributed by atoms with Gasteiger partial charge in [0.1, 0.15) is 0 Å². The number of aromatic nitrogens is 3. The largest absolute Gasteiger partial charge is 0.342 e. The van der Waals surface area contributed by atoms with E-state index in [0.29, 0.717) is 18.3 Å². The molecular weight excluding hydrogens is 396 g/mol. The van der Waals surface area contributed by atoms with Gasteiger partial charge in [-0.15, -0.1) is 0 Å². The first-order chi connectivity index (χ1) is 15.2. The maximum absolute atomic E-state index is 13.0. The maximum atomic E-state index is 13.0. The molecule has 0 bridgehead atoms. The molecule has 0 spiro atoms. The molecule has 0 aliphatic carbocycles. The molecule has 170 valence electrons. The van der Waals surface area contributed by atoms with E-state index in [1.165, 1.54) is 28.7 Å². The number of amides is 1. The van der Waals surface area contributed by atoms with Crippen molar-refractivity contribution in [3.05, 3.63) is 51.8 Å². The molecular formula is C27H36N4O. The molecule has 2 aromatic heterocycles. The third kappa shape index (κ3) is 4.17. The summed E-state index contributed by atoms with van der Waals surface area (Å²) in [7, 11) is 0. The fraction of sp³-hybridized carbons (Fsp3) is 0.519. The number of nitrogens with zero attached hydrogens (tertiary/aromatic N) is 4. The summed E-state index contributed by atoms with van der Waals surface area (Å²) in [5, 5.41) is 5.95. The molecule has 0 unspecified atom stereocenters. The molecule has 0 saturated carbocycles. The van der Waals surface area contributed by atoms with Gasteiger partial charge in [0, 0.05) is 30.6 Å². The predicted molar refractivity (Wildman–Crippen MR) is 130 cm³/mol. The monoisotopic (exact) mass is 432 g/mol. The quantitative estimate of drug-likeness (QED) is 0.555. The van der Waals surface area contributed by atoms with Gasteiger partial charge < -0.3 is 4.90 Å². The lowest BCUT2D eigenvalue weighted by atomic mass is 9.91. The van der Waals surface area contributed by atoms with Gasteiger partial charge in [0.25, 0.3) is 0 Å². The summed E-state index contributed by atoms with van der Waals surface area (Å²) in [5.74, 6) is 1.44. The molecule has 32 heavy (non-hydrogen) atoms. The van der Waals surface area contributed by atoms with Crippen molar-refractivity contribution >= 4 is 16.9 Å². The van der Waals surface area contributed by atoms with Gasteiger partial charge in [0.05, 0.1) is 11.4 Å². The van der Waals surface area contributed by atoms with Crippen molar-refractivity contribution in [3.8, 4) is 5.69 Å². The average molecular weight is 433 g/mol. The topological polar surface area (TPSA) is 51.0 Å². The number of fused-ring (bicyclic) bond motifs is 1. The van der Waals surface area contributed by atoms with Gasteiger partial charge in [-0.05, 0) is 93.7 Å². The zero-order valence-corrected chi connectivity index (χ0v) is 20.6. The molecule has 3 heterocycles. The van der Waals surface area contributed by atoms with E-state index < -0.39 is 0 Å². The number of hydrogen-bond acceptors (Lipinski definition) is 3. The van der Waals surface area contributed by atoms with Crippen LogP contribution in [0.2, 0.25) is 0 Å². The van der Waals surface area contributed by atoms with Crippen LogP contribution in [-0.4, -0.2) is 38.7 Å². The molecule has 0 N–H and O–H groups in total. The summed E-state index contributed by atoms with van der Waals surface area (Å²) < 4.78 is 1.96. The van der Waals surface area contributed by atoms with E-state index in [1.54, 1.807) is 0 Å². The molecule has 1 saturated heterocycles. The number of likely N-dealkylation sites (tertiary alicyclic amines) is 1. The minimum Gasteiger partial charge on any atom is -0.342 e. The number of rotatable bonds is 4. The van der Waals surface area contributed by atoms with Crippen molar-refractivity contribution in [2.75, 3.05) is 13.1 Å². The van der Waals surface area contributed by atoms with E-state index in [9.17, 15) is 4.79 Å². The van der Waals surface area contributed by atoms with Gasteiger partial charge in [-0.25, -0.2) is 9.67 Å². The standard InChI is InChI=1S/C27H36N4O/c1-16-12-17(2)15-30(14-16)25(32)11-10-24-20(5)26-22(7)29-31(27(26)28-21(24)6)23-9-8-18(3)19(4)13-23/h8-9,13,16-17H,10-12,14-15H2,1-7H3/t16-,17+. The van der Waals surface area contributed by atoms with Crippen LogP contribution in [0, 0.1) is 46.5 Å². The Balaban J connectivity index is 1.63. The highest BCUT2D eigenvalue weighted by Crippen LogP contribution is 2.29. The third-order valence-electron chi connectivity index (χ3n) is 7.12. The molecule has 0 radical (unpaired) electrons. The second kappa shape index (κ2) is 8.68. The molecule has 2 atom stereocenters. The lowest BCUT2D eigenvalue weighted by molar-refractivity contribution is -0.133. The fourth-order valence-corrected chi connectivity index (χ4v) is 5.37. The molecule has 1 amide bonds. The van der Waals surface area contributed by atoms with Gasteiger partial charge in [-0.3, -0.25) is 4.79 Å². The Labute approximate surface area is 191 Å². The van der Waals surface area contributed by atoms with Crippen molar-refractivity contribution < 1.29 is 4.79 Å². The first-order valence-corrected chi connectivity index (χ1v) is 11.9. The first kappa shape index (κ1) is 22.5. The Kier molecular flexibility index (Phi) is 6.11. The minimum atomic E-state index is 0.268. The van der Waals surface area contributed by atoms with Gasteiger partial charge >= 0.3 is 0 Å². The molecule has 1 aromatic carbocycles. The minimum absolute atomic E-state index is 0.268. The van der Waals surface area contributed by atoms with E-state index >= 15 is 0 Å². The number of pyridine rings is 1. The first-order valence-electron chi connectivity index (χ1n) is 11.9. The van der Waals surface area contributed by atoms with Crippen LogP contribution in [0.5, 0.6) is 0 Å².